The molecule has 0 saturated carbocycles. The highest BCUT2D eigenvalue weighted by Crippen LogP contribution is 2.17. The van der Waals surface area contributed by atoms with E-state index in [9.17, 15) is 18.0 Å². The van der Waals surface area contributed by atoms with Gasteiger partial charge in [-0.05, 0) is 30.7 Å². The average molecular weight is 347 g/mol. The minimum absolute atomic E-state index is 0.0156. The van der Waals surface area contributed by atoms with Gasteiger partial charge in [0.1, 0.15) is 0 Å². The molecule has 0 unspecified atom stereocenters. The van der Waals surface area contributed by atoms with Crippen LogP contribution in [0.2, 0.25) is 0 Å². The zero-order valence-electron chi connectivity index (χ0n) is 13.2. The minimum Gasteiger partial charge on any atom is -0.478 e. The number of carbonyl (C=O) groups is 2. The lowest BCUT2D eigenvalue weighted by Crippen LogP contribution is -2.27. The molecular formula is C17H17NO5S. The van der Waals surface area contributed by atoms with Gasteiger partial charge < -0.3 is 10.4 Å². The van der Waals surface area contributed by atoms with Crippen molar-refractivity contribution in [3.8, 4) is 0 Å². The lowest BCUT2D eigenvalue weighted by atomic mass is 10.1. The van der Waals surface area contributed by atoms with Gasteiger partial charge in [0.2, 0.25) is 0 Å². The van der Waals surface area contributed by atoms with E-state index in [0.717, 1.165) is 24.0 Å². The SMILES string of the molecule is C[C@@H](NC(=O)c1cc(C(=O)O)cc(S(C)(=O)=O)c1)c1ccccc1. The Bertz CT molecular complexity index is 875. The van der Waals surface area contributed by atoms with Crippen LogP contribution >= 0.6 is 0 Å². The maximum atomic E-state index is 12.4. The summed E-state index contributed by atoms with van der Waals surface area (Å²) in [5, 5.41) is 11.8. The first-order valence-electron chi connectivity index (χ1n) is 7.12. The summed E-state index contributed by atoms with van der Waals surface area (Å²) in [6.07, 6.45) is 0.961. The molecule has 2 rings (SSSR count). The van der Waals surface area contributed by atoms with Crippen molar-refractivity contribution in [2.75, 3.05) is 6.26 Å². The number of amides is 1. The molecule has 126 valence electrons. The molecule has 0 aromatic heterocycles. The third-order valence-electron chi connectivity index (χ3n) is 3.49. The molecule has 0 radical (unpaired) electrons. The van der Waals surface area contributed by atoms with Crippen LogP contribution in [0.25, 0.3) is 0 Å². The van der Waals surface area contributed by atoms with E-state index in [1.54, 1.807) is 6.92 Å². The number of hydrogen-bond donors (Lipinski definition) is 2. The Labute approximate surface area is 140 Å². The summed E-state index contributed by atoms with van der Waals surface area (Å²) in [5.41, 5.74) is 0.608. The topological polar surface area (TPSA) is 101 Å². The Morgan fingerprint density at radius 2 is 1.62 bits per heavy atom. The lowest BCUT2D eigenvalue weighted by Gasteiger charge is -2.15. The smallest absolute Gasteiger partial charge is 0.335 e. The zero-order chi connectivity index (χ0) is 17.9. The number of carboxylic acid groups (broad SMARTS) is 1. The molecule has 2 aromatic carbocycles. The predicted molar refractivity (Wildman–Crippen MR) is 88.8 cm³/mol. The van der Waals surface area contributed by atoms with Crippen molar-refractivity contribution >= 4 is 21.7 Å². The van der Waals surface area contributed by atoms with E-state index in [4.69, 9.17) is 5.11 Å². The highest BCUT2D eigenvalue weighted by molar-refractivity contribution is 7.90. The maximum absolute atomic E-state index is 12.4. The molecule has 6 nitrogen and oxygen atoms in total. The fraction of sp³-hybridized carbons (Fsp3) is 0.176. The number of benzene rings is 2. The molecule has 0 aliphatic heterocycles. The molecule has 24 heavy (non-hydrogen) atoms. The molecule has 0 saturated heterocycles. The van der Waals surface area contributed by atoms with E-state index < -0.39 is 21.7 Å². The monoisotopic (exact) mass is 347 g/mol. The highest BCUT2D eigenvalue weighted by Gasteiger charge is 2.18. The largest absolute Gasteiger partial charge is 0.478 e. The molecule has 2 N–H and O–H groups in total. The number of carboxylic acids is 1. The molecule has 2 aromatic rings. The van der Waals surface area contributed by atoms with Gasteiger partial charge in [0.05, 0.1) is 16.5 Å². The van der Waals surface area contributed by atoms with Gasteiger partial charge in [-0.2, -0.15) is 0 Å². The number of aromatic carboxylic acids is 1. The fourth-order valence-corrected chi connectivity index (χ4v) is 2.85. The van der Waals surface area contributed by atoms with Gasteiger partial charge in [-0.25, -0.2) is 13.2 Å². The fourth-order valence-electron chi connectivity index (χ4n) is 2.17. The summed E-state index contributed by atoms with van der Waals surface area (Å²) in [6, 6.07) is 12.3. The first kappa shape index (κ1) is 17.7. The van der Waals surface area contributed by atoms with Gasteiger partial charge in [-0.15, -0.1) is 0 Å². The van der Waals surface area contributed by atoms with E-state index in [1.807, 2.05) is 30.3 Å². The number of nitrogens with one attached hydrogen (secondary N) is 1. The third kappa shape index (κ3) is 4.20. The lowest BCUT2D eigenvalue weighted by molar-refractivity contribution is 0.0696. The number of hydrogen-bond acceptors (Lipinski definition) is 4. The summed E-state index contributed by atoms with van der Waals surface area (Å²) in [6.45, 7) is 1.78. The predicted octanol–water partition coefficient (Wildman–Crippen LogP) is 2.28. The van der Waals surface area contributed by atoms with Crippen LogP contribution < -0.4 is 5.32 Å². The van der Waals surface area contributed by atoms with Crippen LogP contribution in [-0.2, 0) is 9.84 Å². The van der Waals surface area contributed by atoms with Crippen molar-refractivity contribution in [3.63, 3.8) is 0 Å². The van der Waals surface area contributed by atoms with Crippen LogP contribution in [0.5, 0.6) is 0 Å². The summed E-state index contributed by atoms with van der Waals surface area (Å²) in [5.74, 6) is -1.84. The van der Waals surface area contributed by atoms with Crippen LogP contribution in [0.15, 0.2) is 53.4 Å². The molecule has 7 heteroatoms. The molecule has 0 heterocycles. The zero-order valence-corrected chi connectivity index (χ0v) is 14.0. The summed E-state index contributed by atoms with van der Waals surface area (Å²) in [4.78, 5) is 23.3. The second-order valence-electron chi connectivity index (χ2n) is 5.43. The first-order valence-corrected chi connectivity index (χ1v) is 9.02. The Hall–Kier alpha value is -2.67. The molecule has 0 aliphatic rings. The van der Waals surface area contributed by atoms with E-state index in [-0.39, 0.29) is 22.1 Å². The summed E-state index contributed by atoms with van der Waals surface area (Å²) < 4.78 is 23.4. The Kier molecular flexibility index (Phi) is 5.04. The van der Waals surface area contributed by atoms with Gasteiger partial charge in [0.15, 0.2) is 9.84 Å². The number of carbonyl (C=O) groups excluding carboxylic acids is 1. The Balaban J connectivity index is 2.35. The van der Waals surface area contributed by atoms with E-state index in [0.29, 0.717) is 0 Å². The van der Waals surface area contributed by atoms with Crippen LogP contribution in [-0.4, -0.2) is 31.7 Å². The molecule has 0 aliphatic carbocycles. The van der Waals surface area contributed by atoms with Crippen LogP contribution in [0, 0.1) is 0 Å². The minimum atomic E-state index is -3.64. The van der Waals surface area contributed by atoms with Crippen molar-refractivity contribution < 1.29 is 23.1 Å². The van der Waals surface area contributed by atoms with Crippen LogP contribution in [0.3, 0.4) is 0 Å². The van der Waals surface area contributed by atoms with Gasteiger partial charge in [-0.1, -0.05) is 30.3 Å². The van der Waals surface area contributed by atoms with Crippen molar-refractivity contribution in [1.29, 1.82) is 0 Å². The highest BCUT2D eigenvalue weighted by atomic mass is 32.2. The summed E-state index contributed by atoms with van der Waals surface area (Å²) in [7, 11) is -3.64. The van der Waals surface area contributed by atoms with Crippen molar-refractivity contribution in [3.05, 3.63) is 65.2 Å². The number of rotatable bonds is 5. The second kappa shape index (κ2) is 6.84. The second-order valence-corrected chi connectivity index (χ2v) is 7.44. The van der Waals surface area contributed by atoms with Gasteiger partial charge in [0.25, 0.3) is 5.91 Å². The van der Waals surface area contributed by atoms with Crippen molar-refractivity contribution in [2.45, 2.75) is 17.9 Å². The summed E-state index contributed by atoms with van der Waals surface area (Å²) >= 11 is 0. The quantitative estimate of drug-likeness (QED) is 0.864. The molecule has 1 amide bonds. The number of sulfone groups is 1. The Morgan fingerprint density at radius 3 is 2.17 bits per heavy atom. The van der Waals surface area contributed by atoms with E-state index >= 15 is 0 Å². The normalized spacial score (nSPS) is 12.4. The third-order valence-corrected chi connectivity index (χ3v) is 4.58. The Morgan fingerprint density at radius 1 is 1.04 bits per heavy atom. The molecule has 0 fully saturated rings. The van der Waals surface area contributed by atoms with Gasteiger partial charge in [0, 0.05) is 11.8 Å². The molecular weight excluding hydrogens is 330 g/mol. The van der Waals surface area contributed by atoms with Gasteiger partial charge in [-0.3, -0.25) is 4.79 Å². The first-order chi connectivity index (χ1) is 11.2. The standard InChI is InChI=1S/C17H17NO5S/c1-11(12-6-4-3-5-7-12)18-16(19)13-8-14(17(20)21)10-15(9-13)24(2,22)23/h3-11H,1-2H3,(H,18,19)(H,20,21)/t11-/m1/s1. The van der Waals surface area contributed by atoms with Crippen molar-refractivity contribution in [2.24, 2.45) is 0 Å². The van der Waals surface area contributed by atoms with Crippen LogP contribution in [0.1, 0.15) is 39.2 Å². The van der Waals surface area contributed by atoms with Gasteiger partial charge >= 0.3 is 5.97 Å². The van der Waals surface area contributed by atoms with Crippen molar-refractivity contribution in [1.82, 2.24) is 5.32 Å². The van der Waals surface area contributed by atoms with E-state index in [2.05, 4.69) is 5.32 Å². The molecule has 1 atom stereocenters. The average Bonchev–Trinajstić information content (AvgIpc) is 2.54. The molecule has 0 bridgehead atoms. The van der Waals surface area contributed by atoms with E-state index in [1.165, 1.54) is 6.07 Å². The molecule has 0 spiro atoms. The maximum Gasteiger partial charge on any atom is 0.335 e. The van der Waals surface area contributed by atoms with Crippen LogP contribution in [0.4, 0.5) is 0 Å².